The predicted octanol–water partition coefficient (Wildman–Crippen LogP) is 4.32. The largest absolute Gasteiger partial charge is 0.331 e. The minimum Gasteiger partial charge on any atom is -0.331 e. The zero-order chi connectivity index (χ0) is 18.7. The number of benzene rings is 2. The molecule has 0 unspecified atom stereocenters. The number of allylic oxidation sites excluding steroid dienone is 1. The molecule has 26 heavy (non-hydrogen) atoms. The number of sulfone groups is 1. The molecule has 0 aliphatic heterocycles. The maximum atomic E-state index is 11.9. The van der Waals surface area contributed by atoms with Gasteiger partial charge >= 0.3 is 0 Å². The van der Waals surface area contributed by atoms with Crippen LogP contribution in [0.2, 0.25) is 0 Å². The minimum absolute atomic E-state index is 0.226. The second-order valence-corrected chi connectivity index (χ2v) is 8.68. The Labute approximate surface area is 157 Å². The maximum absolute atomic E-state index is 11.9. The number of rotatable bonds is 5. The van der Waals surface area contributed by atoms with Crippen LogP contribution in [0, 0.1) is 11.3 Å². The van der Waals surface area contributed by atoms with E-state index in [1.807, 2.05) is 54.8 Å². The summed E-state index contributed by atoms with van der Waals surface area (Å²) in [7, 11) is -3.57. The van der Waals surface area contributed by atoms with E-state index in [2.05, 4.69) is 16.7 Å². The van der Waals surface area contributed by atoms with Crippen LogP contribution >= 0.6 is 11.8 Å². The zero-order valence-corrected chi connectivity index (χ0v) is 16.1. The number of nitriles is 1. The lowest BCUT2D eigenvalue weighted by atomic mass is 10.1. The van der Waals surface area contributed by atoms with Crippen molar-refractivity contribution in [2.45, 2.75) is 11.6 Å². The Kier molecular flexibility index (Phi) is 5.21. The highest BCUT2D eigenvalue weighted by Gasteiger charge is 2.18. The van der Waals surface area contributed by atoms with Crippen LogP contribution < -0.4 is 0 Å². The quantitative estimate of drug-likeness (QED) is 0.487. The van der Waals surface area contributed by atoms with Crippen molar-refractivity contribution >= 4 is 38.6 Å². The van der Waals surface area contributed by atoms with Crippen molar-refractivity contribution < 1.29 is 8.42 Å². The predicted molar refractivity (Wildman–Crippen MR) is 108 cm³/mol. The highest BCUT2D eigenvalue weighted by molar-refractivity contribution is 7.98. The average Bonchev–Trinajstić information content (AvgIpc) is 2.92. The van der Waals surface area contributed by atoms with Crippen molar-refractivity contribution in [3.05, 3.63) is 70.6 Å². The summed E-state index contributed by atoms with van der Waals surface area (Å²) < 4.78 is 26.0. The molecule has 1 aromatic heterocycles. The number of hydrogen-bond acceptors (Lipinski definition) is 4. The number of aromatic nitrogens is 1. The lowest BCUT2D eigenvalue weighted by molar-refractivity contribution is 0.609. The Morgan fingerprint density at radius 1 is 1.15 bits per heavy atom. The van der Waals surface area contributed by atoms with Gasteiger partial charge in [0.2, 0.25) is 0 Å². The zero-order valence-electron chi connectivity index (χ0n) is 14.5. The Balaban J connectivity index is 2.28. The molecule has 0 amide bonds. The highest BCUT2D eigenvalue weighted by atomic mass is 32.2. The van der Waals surface area contributed by atoms with Gasteiger partial charge in [0.15, 0.2) is 9.84 Å². The van der Waals surface area contributed by atoms with Crippen molar-refractivity contribution in [3.8, 4) is 6.07 Å². The van der Waals surface area contributed by atoms with Gasteiger partial charge in [-0.2, -0.15) is 5.26 Å². The van der Waals surface area contributed by atoms with Gasteiger partial charge in [-0.05, 0) is 24.0 Å². The van der Waals surface area contributed by atoms with Gasteiger partial charge in [0.25, 0.3) is 0 Å². The van der Waals surface area contributed by atoms with Crippen LogP contribution in [0.1, 0.15) is 11.1 Å². The lowest BCUT2D eigenvalue weighted by Gasteiger charge is -2.10. The first-order chi connectivity index (χ1) is 12.5. The molecule has 6 heteroatoms. The third-order valence-electron chi connectivity index (χ3n) is 4.12. The fourth-order valence-corrected chi connectivity index (χ4v) is 4.21. The molecule has 2 aromatic carbocycles. The number of hydrogen-bond donors (Lipinski definition) is 0. The van der Waals surface area contributed by atoms with Crippen molar-refractivity contribution in [1.29, 1.82) is 5.26 Å². The minimum atomic E-state index is -3.57. The summed E-state index contributed by atoms with van der Waals surface area (Å²) in [5, 5.41) is 11.2. The fraction of sp³-hybridized carbons (Fsp3) is 0.150. The number of thioether (sulfide) groups is 1. The Morgan fingerprint density at radius 2 is 1.81 bits per heavy atom. The Bertz CT molecular complexity index is 1120. The molecular formula is C20H18N2O2S2. The van der Waals surface area contributed by atoms with Crippen molar-refractivity contribution in [3.63, 3.8) is 0 Å². The van der Waals surface area contributed by atoms with Crippen molar-refractivity contribution in [2.24, 2.45) is 0 Å². The molecule has 132 valence electrons. The molecular weight excluding hydrogens is 364 g/mol. The molecule has 0 N–H and O–H groups in total. The SMILES string of the molecule is CSc1c(C=C(C#N)S(C)(=O)=O)c2ccccc2n1Cc1ccccc1. The first-order valence-corrected chi connectivity index (χ1v) is 11.1. The van der Waals surface area contributed by atoms with E-state index in [1.54, 1.807) is 11.8 Å². The smallest absolute Gasteiger partial charge is 0.185 e. The molecule has 0 saturated carbocycles. The van der Waals surface area contributed by atoms with Crippen LogP contribution in [0.5, 0.6) is 0 Å². The molecule has 0 fully saturated rings. The summed E-state index contributed by atoms with van der Waals surface area (Å²) in [6.07, 6.45) is 4.51. The second-order valence-electron chi connectivity index (χ2n) is 5.90. The Hall–Kier alpha value is -2.49. The van der Waals surface area contributed by atoms with E-state index in [4.69, 9.17) is 0 Å². The molecule has 3 aromatic rings. The second kappa shape index (κ2) is 7.40. The monoisotopic (exact) mass is 382 g/mol. The summed E-state index contributed by atoms with van der Waals surface area (Å²) in [5.41, 5.74) is 2.94. The first-order valence-electron chi connectivity index (χ1n) is 7.96. The van der Waals surface area contributed by atoms with Gasteiger partial charge in [-0.1, -0.05) is 48.5 Å². The lowest BCUT2D eigenvalue weighted by Crippen LogP contribution is -2.01. The normalized spacial score (nSPS) is 12.3. The van der Waals surface area contributed by atoms with Gasteiger partial charge in [-0.15, -0.1) is 11.8 Å². The van der Waals surface area contributed by atoms with Crippen LogP contribution in [0.25, 0.3) is 17.0 Å². The summed E-state index contributed by atoms with van der Waals surface area (Å²) in [6, 6.07) is 19.8. The molecule has 0 atom stereocenters. The molecule has 3 rings (SSSR count). The van der Waals surface area contributed by atoms with Gasteiger partial charge in [0.05, 0.1) is 5.03 Å². The summed E-state index contributed by atoms with van der Waals surface area (Å²) >= 11 is 1.54. The van der Waals surface area contributed by atoms with Crippen LogP contribution in [0.15, 0.2) is 64.5 Å². The molecule has 0 spiro atoms. The van der Waals surface area contributed by atoms with E-state index in [0.29, 0.717) is 6.54 Å². The third kappa shape index (κ3) is 3.55. The van der Waals surface area contributed by atoms with E-state index < -0.39 is 9.84 Å². The standard InChI is InChI=1S/C20H18N2O2S2/c1-25-20-18(12-16(13-21)26(2,23)24)17-10-6-7-11-19(17)22(20)14-15-8-4-3-5-9-15/h3-12H,14H2,1-2H3. The van der Waals surface area contributed by atoms with E-state index in [0.717, 1.165) is 33.3 Å². The summed E-state index contributed by atoms with van der Waals surface area (Å²) in [4.78, 5) is -0.226. The van der Waals surface area contributed by atoms with Gasteiger partial charge in [-0.3, -0.25) is 0 Å². The van der Waals surface area contributed by atoms with Crippen molar-refractivity contribution in [1.82, 2.24) is 4.57 Å². The number of para-hydroxylation sites is 1. The van der Waals surface area contributed by atoms with Gasteiger partial charge in [0.1, 0.15) is 11.0 Å². The summed E-state index contributed by atoms with van der Waals surface area (Å²) in [6.45, 7) is 0.673. The topological polar surface area (TPSA) is 62.9 Å². The molecule has 1 heterocycles. The van der Waals surface area contributed by atoms with Crippen molar-refractivity contribution in [2.75, 3.05) is 12.5 Å². The molecule has 0 radical (unpaired) electrons. The van der Waals surface area contributed by atoms with Crippen LogP contribution in [0.3, 0.4) is 0 Å². The number of nitrogens with zero attached hydrogens (tertiary/aromatic N) is 2. The first kappa shape index (κ1) is 18.3. The van der Waals surface area contributed by atoms with Gasteiger partial charge in [0, 0.05) is 29.3 Å². The molecule has 0 bridgehead atoms. The van der Waals surface area contributed by atoms with E-state index in [9.17, 15) is 13.7 Å². The number of fused-ring (bicyclic) bond motifs is 1. The van der Waals surface area contributed by atoms with E-state index in [-0.39, 0.29) is 4.91 Å². The average molecular weight is 383 g/mol. The third-order valence-corrected chi connectivity index (χ3v) is 5.96. The van der Waals surface area contributed by atoms with Gasteiger partial charge in [-0.25, -0.2) is 8.42 Å². The van der Waals surface area contributed by atoms with Crippen LogP contribution in [-0.2, 0) is 16.4 Å². The maximum Gasteiger partial charge on any atom is 0.185 e. The molecule has 0 aliphatic rings. The molecule has 4 nitrogen and oxygen atoms in total. The Morgan fingerprint density at radius 3 is 2.42 bits per heavy atom. The van der Waals surface area contributed by atoms with Crippen LogP contribution in [0.4, 0.5) is 0 Å². The van der Waals surface area contributed by atoms with Crippen LogP contribution in [-0.4, -0.2) is 25.5 Å². The van der Waals surface area contributed by atoms with Gasteiger partial charge < -0.3 is 4.57 Å². The molecule has 0 saturated heterocycles. The van der Waals surface area contributed by atoms with E-state index in [1.165, 1.54) is 6.08 Å². The highest BCUT2D eigenvalue weighted by Crippen LogP contribution is 2.35. The molecule has 0 aliphatic carbocycles. The fourth-order valence-electron chi connectivity index (χ4n) is 2.94. The summed E-state index contributed by atoms with van der Waals surface area (Å²) in [5.74, 6) is 0. The van der Waals surface area contributed by atoms with E-state index >= 15 is 0 Å².